The Morgan fingerprint density at radius 3 is 2.68 bits per heavy atom. The lowest BCUT2D eigenvalue weighted by atomic mass is 10.3. The lowest BCUT2D eigenvalue weighted by Crippen LogP contribution is -2.48. The number of rotatable bonds is 2. The van der Waals surface area contributed by atoms with Gasteiger partial charge in [-0.05, 0) is 6.92 Å². The van der Waals surface area contributed by atoms with Gasteiger partial charge in [0.1, 0.15) is 5.84 Å². The van der Waals surface area contributed by atoms with E-state index in [1.807, 2.05) is 4.90 Å². The van der Waals surface area contributed by atoms with E-state index in [9.17, 15) is 8.42 Å². The van der Waals surface area contributed by atoms with Gasteiger partial charge in [0.05, 0.1) is 13.2 Å². The Balaban J connectivity index is 2.13. The van der Waals surface area contributed by atoms with E-state index in [-0.39, 0.29) is 0 Å². The fraction of sp³-hybridized carbons (Fsp3) is 0.667. The molecule has 0 saturated carbocycles. The molecule has 2 aliphatic heterocycles. The van der Waals surface area contributed by atoms with Crippen LogP contribution in [-0.2, 0) is 19.4 Å². The Morgan fingerprint density at radius 2 is 2.16 bits per heavy atom. The summed E-state index contributed by atoms with van der Waals surface area (Å²) in [6.45, 7) is 4.20. The van der Waals surface area contributed by atoms with E-state index in [4.69, 9.17) is 15.0 Å². The molecule has 10 heteroatoms. The van der Waals surface area contributed by atoms with Crippen molar-refractivity contribution < 1.29 is 22.0 Å². The summed E-state index contributed by atoms with van der Waals surface area (Å²) in [4.78, 5) is 6.12. The van der Waals surface area contributed by atoms with Crippen LogP contribution in [0.2, 0.25) is 0 Å². The number of hydroxylamine groups is 2. The first kappa shape index (κ1) is 14.2. The van der Waals surface area contributed by atoms with Gasteiger partial charge in [-0.3, -0.25) is 10.3 Å². The third-order valence-corrected chi connectivity index (χ3v) is 3.05. The molecule has 0 aromatic rings. The van der Waals surface area contributed by atoms with Crippen LogP contribution in [0.3, 0.4) is 0 Å². The van der Waals surface area contributed by atoms with Crippen molar-refractivity contribution in [1.29, 1.82) is 0 Å². The molecule has 2 rings (SSSR count). The number of hydrogen-bond acceptors (Lipinski definition) is 8. The summed E-state index contributed by atoms with van der Waals surface area (Å²) in [7, 11) is -4.63. The Kier molecular flexibility index (Phi) is 4.06. The molecule has 1 saturated heterocycles. The first-order valence-electron chi connectivity index (χ1n) is 5.67. The summed E-state index contributed by atoms with van der Waals surface area (Å²) in [6.07, 6.45) is 0.601. The Hall–Kier alpha value is -1.20. The summed E-state index contributed by atoms with van der Waals surface area (Å²) in [5.41, 5.74) is 6.14. The highest BCUT2D eigenvalue weighted by atomic mass is 32.3. The largest absolute Gasteiger partial charge is 0.418 e. The minimum absolute atomic E-state index is 0.432. The van der Waals surface area contributed by atoms with E-state index >= 15 is 0 Å². The molecule has 9 nitrogen and oxygen atoms in total. The molecule has 0 aromatic carbocycles. The molecule has 19 heavy (non-hydrogen) atoms. The zero-order valence-electron chi connectivity index (χ0n) is 10.4. The summed E-state index contributed by atoms with van der Waals surface area (Å²) in [5, 5.41) is 0.833. The summed E-state index contributed by atoms with van der Waals surface area (Å²) in [5.74, 6) is 0.642. The van der Waals surface area contributed by atoms with E-state index in [1.165, 1.54) is 0 Å². The third-order valence-electron chi connectivity index (χ3n) is 2.70. The number of allylic oxidation sites excluding steroid dienone is 1. The Labute approximate surface area is 111 Å². The monoisotopic (exact) mass is 292 g/mol. The second-order valence-electron chi connectivity index (χ2n) is 4.11. The number of amidine groups is 1. The van der Waals surface area contributed by atoms with Crippen LogP contribution in [-0.4, -0.2) is 61.4 Å². The SMILES string of the molecule is CC1=CC(N2CCOCC2)=NC(N)N1OS(=O)(=O)O. The van der Waals surface area contributed by atoms with Crippen LogP contribution >= 0.6 is 0 Å². The van der Waals surface area contributed by atoms with Crippen molar-refractivity contribution in [3.63, 3.8) is 0 Å². The maximum absolute atomic E-state index is 10.7. The number of nitrogens with zero attached hydrogens (tertiary/aromatic N) is 3. The molecule has 0 spiro atoms. The van der Waals surface area contributed by atoms with Crippen LogP contribution in [0.5, 0.6) is 0 Å². The highest BCUT2D eigenvalue weighted by molar-refractivity contribution is 7.80. The molecule has 1 fully saturated rings. The van der Waals surface area contributed by atoms with E-state index in [0.29, 0.717) is 37.8 Å². The first-order valence-corrected chi connectivity index (χ1v) is 7.04. The van der Waals surface area contributed by atoms with Crippen molar-refractivity contribution in [2.45, 2.75) is 13.2 Å². The zero-order valence-corrected chi connectivity index (χ0v) is 11.2. The van der Waals surface area contributed by atoms with E-state index < -0.39 is 16.7 Å². The Bertz CT molecular complexity index is 497. The fourth-order valence-corrected chi connectivity index (χ4v) is 2.26. The molecule has 1 unspecified atom stereocenters. The van der Waals surface area contributed by atoms with Gasteiger partial charge in [-0.15, -0.1) is 4.28 Å². The fourth-order valence-electron chi connectivity index (χ4n) is 1.85. The maximum Gasteiger partial charge on any atom is 0.418 e. The molecule has 0 aromatic heterocycles. The van der Waals surface area contributed by atoms with Crippen LogP contribution < -0.4 is 5.73 Å². The first-order chi connectivity index (χ1) is 8.87. The van der Waals surface area contributed by atoms with Gasteiger partial charge in [-0.2, -0.15) is 8.42 Å². The van der Waals surface area contributed by atoms with Crippen LogP contribution in [0.1, 0.15) is 6.92 Å². The second-order valence-corrected chi connectivity index (χ2v) is 5.12. The quantitative estimate of drug-likeness (QED) is 0.617. The van der Waals surface area contributed by atoms with E-state index in [1.54, 1.807) is 13.0 Å². The number of morpholine rings is 1. The van der Waals surface area contributed by atoms with Crippen LogP contribution in [0.25, 0.3) is 0 Å². The summed E-state index contributed by atoms with van der Waals surface area (Å²) in [6, 6.07) is 0. The zero-order chi connectivity index (χ0) is 14.0. The minimum Gasteiger partial charge on any atom is -0.378 e. The predicted octanol–water partition coefficient (Wildman–Crippen LogP) is -1.09. The highest BCUT2D eigenvalue weighted by Crippen LogP contribution is 2.17. The van der Waals surface area contributed by atoms with Crippen molar-refractivity contribution in [2.24, 2.45) is 10.7 Å². The second kappa shape index (κ2) is 5.43. The molecule has 0 bridgehead atoms. The van der Waals surface area contributed by atoms with Gasteiger partial charge in [-0.1, -0.05) is 0 Å². The smallest absolute Gasteiger partial charge is 0.378 e. The van der Waals surface area contributed by atoms with Crippen molar-refractivity contribution >= 4 is 16.2 Å². The van der Waals surface area contributed by atoms with Gasteiger partial charge >= 0.3 is 10.4 Å². The molecule has 2 aliphatic rings. The molecule has 108 valence electrons. The predicted molar refractivity (Wildman–Crippen MR) is 66.0 cm³/mol. The van der Waals surface area contributed by atoms with Crippen molar-refractivity contribution in [2.75, 3.05) is 26.3 Å². The molecule has 3 N–H and O–H groups in total. The third kappa shape index (κ3) is 3.64. The van der Waals surface area contributed by atoms with Crippen LogP contribution in [0.15, 0.2) is 16.8 Å². The van der Waals surface area contributed by atoms with Gasteiger partial charge in [0.2, 0.25) is 6.29 Å². The molecule has 0 aliphatic carbocycles. The van der Waals surface area contributed by atoms with Crippen molar-refractivity contribution in [3.05, 3.63) is 11.8 Å². The van der Waals surface area contributed by atoms with E-state index in [2.05, 4.69) is 9.28 Å². The average molecular weight is 292 g/mol. The molecular weight excluding hydrogens is 276 g/mol. The molecule has 0 amide bonds. The van der Waals surface area contributed by atoms with Crippen LogP contribution in [0, 0.1) is 0 Å². The number of aliphatic imine (C=N–C) groups is 1. The topological polar surface area (TPSA) is 118 Å². The van der Waals surface area contributed by atoms with Gasteiger partial charge in [0.15, 0.2) is 0 Å². The lowest BCUT2D eigenvalue weighted by Gasteiger charge is -2.34. The Morgan fingerprint density at radius 1 is 1.53 bits per heavy atom. The normalized spacial score (nSPS) is 25.1. The maximum atomic E-state index is 10.7. The standard InChI is InChI=1S/C9H16N4O5S/c1-7-6-8(12-2-4-17-5-3-12)11-9(10)13(7)18-19(14,15)16/h6,9H,2-5,10H2,1H3,(H,14,15,16). The minimum atomic E-state index is -4.63. The lowest BCUT2D eigenvalue weighted by molar-refractivity contribution is -0.0616. The van der Waals surface area contributed by atoms with Gasteiger partial charge in [0.25, 0.3) is 0 Å². The molecule has 1 atom stereocenters. The van der Waals surface area contributed by atoms with Crippen molar-refractivity contribution in [3.8, 4) is 0 Å². The molecule has 2 heterocycles. The molecule has 0 radical (unpaired) electrons. The number of hydrogen-bond donors (Lipinski definition) is 2. The average Bonchev–Trinajstić information content (AvgIpc) is 2.33. The highest BCUT2D eigenvalue weighted by Gasteiger charge is 2.27. The number of nitrogens with two attached hydrogens (primary N) is 1. The van der Waals surface area contributed by atoms with Crippen molar-refractivity contribution in [1.82, 2.24) is 9.96 Å². The van der Waals surface area contributed by atoms with Gasteiger partial charge in [0, 0.05) is 24.9 Å². The number of ether oxygens (including phenoxy) is 1. The van der Waals surface area contributed by atoms with Gasteiger partial charge < -0.3 is 9.64 Å². The summed E-state index contributed by atoms with van der Waals surface area (Å²) < 4.78 is 39.7. The van der Waals surface area contributed by atoms with Crippen LogP contribution in [0.4, 0.5) is 0 Å². The van der Waals surface area contributed by atoms with Gasteiger partial charge in [-0.25, -0.2) is 10.1 Å². The summed E-state index contributed by atoms with van der Waals surface area (Å²) >= 11 is 0. The molecular formula is C9H16N4O5S. The van der Waals surface area contributed by atoms with E-state index in [0.717, 1.165) is 5.06 Å².